The van der Waals surface area contributed by atoms with Gasteiger partial charge in [-0.15, -0.1) is 0 Å². The summed E-state index contributed by atoms with van der Waals surface area (Å²) in [4.78, 5) is 28.6. The van der Waals surface area contributed by atoms with Crippen molar-refractivity contribution in [2.24, 2.45) is 5.92 Å². The predicted molar refractivity (Wildman–Crippen MR) is 103 cm³/mol. The largest absolute Gasteiger partial charge is 0.444 e. The van der Waals surface area contributed by atoms with Crippen LogP contribution in [-0.4, -0.2) is 47.0 Å². The zero-order chi connectivity index (χ0) is 20.0. The topological polar surface area (TPSA) is 73.6 Å². The van der Waals surface area contributed by atoms with E-state index in [1.807, 2.05) is 45.9 Å². The molecule has 1 aliphatic heterocycles. The van der Waals surface area contributed by atoms with E-state index in [0.717, 1.165) is 5.56 Å². The molecular weight excluding hydrogens is 342 g/mol. The van der Waals surface area contributed by atoms with Crippen LogP contribution in [0.5, 0.6) is 0 Å². The average molecular weight is 371 g/mol. The molecule has 0 spiro atoms. The van der Waals surface area contributed by atoms with Gasteiger partial charge in [-0.3, -0.25) is 4.79 Å². The van der Waals surface area contributed by atoms with Crippen molar-refractivity contribution in [1.29, 1.82) is 5.26 Å². The van der Waals surface area contributed by atoms with E-state index in [9.17, 15) is 14.9 Å². The molecular formula is C21H29N3O3. The van der Waals surface area contributed by atoms with E-state index in [-0.39, 0.29) is 17.9 Å². The molecule has 27 heavy (non-hydrogen) atoms. The number of carbonyl (C=O) groups is 2. The van der Waals surface area contributed by atoms with E-state index in [4.69, 9.17) is 4.74 Å². The lowest BCUT2D eigenvalue weighted by Crippen LogP contribution is -2.45. The Bertz CT molecular complexity index is 710. The van der Waals surface area contributed by atoms with Crippen LogP contribution in [-0.2, 0) is 16.1 Å². The molecule has 0 aliphatic carbocycles. The molecule has 146 valence electrons. The lowest BCUT2D eigenvalue weighted by atomic mass is 9.95. The Hall–Kier alpha value is -2.55. The third-order valence-electron chi connectivity index (χ3n) is 4.69. The number of amides is 2. The van der Waals surface area contributed by atoms with Crippen LogP contribution >= 0.6 is 0 Å². The van der Waals surface area contributed by atoms with Gasteiger partial charge in [0.05, 0.1) is 11.6 Å². The minimum Gasteiger partial charge on any atom is -0.444 e. The molecule has 6 nitrogen and oxygen atoms in total. The number of ether oxygens (including phenoxy) is 1. The minimum atomic E-state index is -0.517. The monoisotopic (exact) mass is 371 g/mol. The van der Waals surface area contributed by atoms with Crippen LogP contribution in [0.4, 0.5) is 4.79 Å². The summed E-state index contributed by atoms with van der Waals surface area (Å²) in [7, 11) is 0. The van der Waals surface area contributed by atoms with Crippen molar-refractivity contribution in [3.63, 3.8) is 0 Å². The number of nitrogens with zero attached hydrogens (tertiary/aromatic N) is 3. The molecule has 1 heterocycles. The SMILES string of the molecule is CCN(Cc1ccccc1C#N)C(=O)C1CCN(C(=O)OC(C)(C)C)CC1. The summed E-state index contributed by atoms with van der Waals surface area (Å²) < 4.78 is 5.41. The average Bonchev–Trinajstić information content (AvgIpc) is 2.64. The second kappa shape index (κ2) is 8.90. The van der Waals surface area contributed by atoms with E-state index in [2.05, 4.69) is 6.07 Å². The molecule has 1 saturated heterocycles. The molecule has 1 fully saturated rings. The van der Waals surface area contributed by atoms with E-state index in [1.165, 1.54) is 0 Å². The van der Waals surface area contributed by atoms with Crippen LogP contribution in [0.3, 0.4) is 0 Å². The van der Waals surface area contributed by atoms with Crippen molar-refractivity contribution in [2.45, 2.75) is 52.7 Å². The molecule has 0 atom stereocenters. The minimum absolute atomic E-state index is 0.0917. The highest BCUT2D eigenvalue weighted by Crippen LogP contribution is 2.23. The highest BCUT2D eigenvalue weighted by atomic mass is 16.6. The molecule has 1 aromatic rings. The third kappa shape index (κ3) is 5.72. The first-order valence-electron chi connectivity index (χ1n) is 9.50. The maximum absolute atomic E-state index is 12.9. The smallest absolute Gasteiger partial charge is 0.410 e. The van der Waals surface area contributed by atoms with Gasteiger partial charge in [0, 0.05) is 32.1 Å². The van der Waals surface area contributed by atoms with Gasteiger partial charge < -0.3 is 14.5 Å². The molecule has 2 rings (SSSR count). The van der Waals surface area contributed by atoms with Gasteiger partial charge >= 0.3 is 6.09 Å². The number of hydrogen-bond donors (Lipinski definition) is 0. The molecule has 2 amide bonds. The van der Waals surface area contributed by atoms with Crippen LogP contribution in [0.1, 0.15) is 51.7 Å². The maximum Gasteiger partial charge on any atom is 0.410 e. The fraction of sp³-hybridized carbons (Fsp3) is 0.571. The van der Waals surface area contributed by atoms with Gasteiger partial charge in [-0.2, -0.15) is 5.26 Å². The predicted octanol–water partition coefficient (Wildman–Crippen LogP) is 3.55. The van der Waals surface area contributed by atoms with Gasteiger partial charge in [0.1, 0.15) is 5.60 Å². The van der Waals surface area contributed by atoms with E-state index < -0.39 is 5.60 Å². The molecule has 1 aromatic carbocycles. The summed E-state index contributed by atoms with van der Waals surface area (Å²) in [5.74, 6) is -0.00744. The van der Waals surface area contributed by atoms with Gasteiger partial charge in [0.2, 0.25) is 5.91 Å². The zero-order valence-electron chi connectivity index (χ0n) is 16.7. The van der Waals surface area contributed by atoms with Gasteiger partial charge in [-0.25, -0.2) is 4.79 Å². The van der Waals surface area contributed by atoms with Crippen molar-refractivity contribution in [2.75, 3.05) is 19.6 Å². The van der Waals surface area contributed by atoms with E-state index in [1.54, 1.807) is 15.9 Å². The summed E-state index contributed by atoms with van der Waals surface area (Å²) in [6.45, 7) is 9.56. The Kier molecular flexibility index (Phi) is 6.84. The highest BCUT2D eigenvalue weighted by molar-refractivity contribution is 5.79. The zero-order valence-corrected chi connectivity index (χ0v) is 16.7. The van der Waals surface area contributed by atoms with Crippen molar-refractivity contribution >= 4 is 12.0 Å². The fourth-order valence-electron chi connectivity index (χ4n) is 3.21. The Morgan fingerprint density at radius 3 is 2.44 bits per heavy atom. The second-order valence-electron chi connectivity index (χ2n) is 7.86. The van der Waals surface area contributed by atoms with E-state index >= 15 is 0 Å². The van der Waals surface area contributed by atoms with Gasteiger partial charge in [-0.1, -0.05) is 18.2 Å². The molecule has 0 radical (unpaired) electrons. The van der Waals surface area contributed by atoms with Crippen molar-refractivity contribution in [1.82, 2.24) is 9.80 Å². The number of hydrogen-bond acceptors (Lipinski definition) is 4. The molecule has 0 saturated carbocycles. The Morgan fingerprint density at radius 1 is 1.26 bits per heavy atom. The number of nitriles is 1. The van der Waals surface area contributed by atoms with Gasteiger partial charge in [0.25, 0.3) is 0 Å². The first kappa shape index (κ1) is 20.8. The number of rotatable bonds is 4. The lowest BCUT2D eigenvalue weighted by molar-refractivity contribution is -0.137. The summed E-state index contributed by atoms with van der Waals surface area (Å²) in [6, 6.07) is 9.55. The van der Waals surface area contributed by atoms with Crippen molar-refractivity contribution < 1.29 is 14.3 Å². The second-order valence-corrected chi connectivity index (χ2v) is 7.86. The van der Waals surface area contributed by atoms with Crippen LogP contribution in [0.2, 0.25) is 0 Å². The Labute approximate surface area is 161 Å². The highest BCUT2D eigenvalue weighted by Gasteiger charge is 2.31. The molecule has 6 heteroatoms. The van der Waals surface area contributed by atoms with Crippen LogP contribution in [0.25, 0.3) is 0 Å². The molecule has 0 aromatic heterocycles. The molecule has 1 aliphatic rings. The first-order chi connectivity index (χ1) is 12.7. The maximum atomic E-state index is 12.9. The van der Waals surface area contributed by atoms with Crippen LogP contribution in [0, 0.1) is 17.2 Å². The summed E-state index contributed by atoms with van der Waals surface area (Å²) >= 11 is 0. The summed E-state index contributed by atoms with van der Waals surface area (Å²) in [5.41, 5.74) is 0.946. The number of benzene rings is 1. The van der Waals surface area contributed by atoms with Crippen LogP contribution < -0.4 is 0 Å². The first-order valence-corrected chi connectivity index (χ1v) is 9.50. The summed E-state index contributed by atoms with van der Waals surface area (Å²) in [5, 5.41) is 9.25. The Balaban J connectivity index is 1.95. The quantitative estimate of drug-likeness (QED) is 0.811. The fourth-order valence-corrected chi connectivity index (χ4v) is 3.21. The summed E-state index contributed by atoms with van der Waals surface area (Å²) in [6.07, 6.45) is 0.951. The molecule has 0 N–H and O–H groups in total. The number of piperidine rings is 1. The van der Waals surface area contributed by atoms with Crippen molar-refractivity contribution in [3.05, 3.63) is 35.4 Å². The van der Waals surface area contributed by atoms with Gasteiger partial charge in [-0.05, 0) is 52.2 Å². The van der Waals surface area contributed by atoms with Gasteiger partial charge in [0.15, 0.2) is 0 Å². The normalized spacial score (nSPS) is 15.1. The third-order valence-corrected chi connectivity index (χ3v) is 4.69. The van der Waals surface area contributed by atoms with Crippen LogP contribution in [0.15, 0.2) is 24.3 Å². The lowest BCUT2D eigenvalue weighted by Gasteiger charge is -2.35. The van der Waals surface area contributed by atoms with E-state index in [0.29, 0.717) is 44.6 Å². The molecule has 0 unspecified atom stereocenters. The number of carbonyl (C=O) groups excluding carboxylic acids is 2. The van der Waals surface area contributed by atoms with Crippen molar-refractivity contribution in [3.8, 4) is 6.07 Å². The molecule has 0 bridgehead atoms. The Morgan fingerprint density at radius 2 is 1.89 bits per heavy atom. The standard InChI is InChI=1S/C21H29N3O3/c1-5-23(15-18-9-7-6-8-17(18)14-22)19(25)16-10-12-24(13-11-16)20(26)27-21(2,3)4/h6-9,16H,5,10-13,15H2,1-4H3. The number of likely N-dealkylation sites (tertiary alicyclic amines) is 1.